The smallest absolute Gasteiger partial charge is 0.255 e. The van der Waals surface area contributed by atoms with Gasteiger partial charge in [-0.25, -0.2) is 0 Å². The molecule has 3 N–H and O–H groups in total. The minimum absolute atomic E-state index is 0.0923. The van der Waals surface area contributed by atoms with Gasteiger partial charge in [-0.3, -0.25) is 9.79 Å². The molecule has 1 aliphatic rings. The van der Waals surface area contributed by atoms with Gasteiger partial charge in [0, 0.05) is 26.7 Å². The quantitative estimate of drug-likeness (QED) is 0.514. The van der Waals surface area contributed by atoms with Crippen molar-refractivity contribution in [1.82, 2.24) is 10.2 Å². The van der Waals surface area contributed by atoms with Crippen LogP contribution in [-0.4, -0.2) is 50.1 Å². The maximum atomic E-state index is 10.7. The van der Waals surface area contributed by atoms with E-state index in [0.29, 0.717) is 5.75 Å². The molecule has 0 radical (unpaired) electrons. The van der Waals surface area contributed by atoms with Gasteiger partial charge in [0.25, 0.3) is 5.91 Å². The van der Waals surface area contributed by atoms with E-state index >= 15 is 0 Å². The third kappa shape index (κ3) is 6.45. The third-order valence-corrected chi connectivity index (χ3v) is 5.45. The fourth-order valence-corrected chi connectivity index (χ4v) is 3.88. The first-order chi connectivity index (χ1) is 13.1. The largest absolute Gasteiger partial charge is 0.484 e. The zero-order chi connectivity index (χ0) is 19.6. The highest BCUT2D eigenvalue weighted by Gasteiger charge is 2.29. The van der Waals surface area contributed by atoms with Crippen molar-refractivity contribution in [2.75, 3.05) is 33.3 Å². The highest BCUT2D eigenvalue weighted by molar-refractivity contribution is 5.80. The van der Waals surface area contributed by atoms with Crippen molar-refractivity contribution in [1.29, 1.82) is 0 Å². The number of nitrogens with zero attached hydrogens (tertiary/aromatic N) is 2. The van der Waals surface area contributed by atoms with Gasteiger partial charge in [0.1, 0.15) is 5.75 Å². The molecule has 1 amide bonds. The number of likely N-dealkylation sites (tertiary alicyclic amines) is 1. The van der Waals surface area contributed by atoms with Gasteiger partial charge >= 0.3 is 0 Å². The second kappa shape index (κ2) is 10.8. The Balaban J connectivity index is 1.77. The van der Waals surface area contributed by atoms with Crippen LogP contribution < -0.4 is 15.8 Å². The molecule has 1 atom stereocenters. The zero-order valence-corrected chi connectivity index (χ0v) is 16.9. The molecule has 0 saturated carbocycles. The highest BCUT2D eigenvalue weighted by Crippen LogP contribution is 2.28. The number of aliphatic imine (C=N–C) groups is 1. The highest BCUT2D eigenvalue weighted by atomic mass is 16.5. The lowest BCUT2D eigenvalue weighted by atomic mass is 9.87. The molecule has 0 aromatic heterocycles. The van der Waals surface area contributed by atoms with Crippen LogP contribution in [0.2, 0.25) is 0 Å². The first-order valence-corrected chi connectivity index (χ1v) is 10.0. The van der Waals surface area contributed by atoms with E-state index in [-0.39, 0.29) is 6.61 Å². The maximum Gasteiger partial charge on any atom is 0.255 e. The van der Waals surface area contributed by atoms with E-state index in [1.54, 1.807) is 0 Å². The van der Waals surface area contributed by atoms with Gasteiger partial charge in [0.2, 0.25) is 0 Å². The van der Waals surface area contributed by atoms with Gasteiger partial charge in [0.15, 0.2) is 12.6 Å². The summed E-state index contributed by atoms with van der Waals surface area (Å²) in [5.74, 6) is 2.80. The van der Waals surface area contributed by atoms with Crippen LogP contribution in [0.15, 0.2) is 29.3 Å². The third-order valence-electron chi connectivity index (χ3n) is 5.45. The molecule has 1 heterocycles. The second-order valence-corrected chi connectivity index (χ2v) is 7.19. The lowest BCUT2D eigenvalue weighted by Crippen LogP contribution is -2.41. The van der Waals surface area contributed by atoms with E-state index in [2.05, 4.69) is 29.1 Å². The molecule has 1 fully saturated rings. The van der Waals surface area contributed by atoms with Gasteiger partial charge in [-0.2, -0.15) is 0 Å². The van der Waals surface area contributed by atoms with Crippen molar-refractivity contribution < 1.29 is 9.53 Å². The van der Waals surface area contributed by atoms with Crippen LogP contribution in [0.4, 0.5) is 0 Å². The first kappa shape index (κ1) is 21.1. The lowest BCUT2D eigenvalue weighted by Gasteiger charge is -2.24. The van der Waals surface area contributed by atoms with Crippen molar-refractivity contribution in [3.63, 3.8) is 0 Å². The molecule has 1 aromatic carbocycles. The number of amides is 1. The molecule has 0 bridgehead atoms. The lowest BCUT2D eigenvalue weighted by molar-refractivity contribution is -0.119. The van der Waals surface area contributed by atoms with E-state index in [4.69, 9.17) is 10.5 Å². The number of benzene rings is 1. The molecule has 0 spiro atoms. The number of ether oxygens (including phenoxy) is 1. The van der Waals surface area contributed by atoms with Crippen LogP contribution in [0.1, 0.15) is 38.7 Å². The summed E-state index contributed by atoms with van der Waals surface area (Å²) < 4.78 is 5.28. The molecule has 1 aliphatic heterocycles. The van der Waals surface area contributed by atoms with Crippen LogP contribution in [0.3, 0.4) is 0 Å². The Bertz CT molecular complexity index is 611. The normalized spacial score (nSPS) is 17.4. The monoisotopic (exact) mass is 374 g/mol. The predicted molar refractivity (Wildman–Crippen MR) is 110 cm³/mol. The molecule has 1 unspecified atom stereocenters. The zero-order valence-electron chi connectivity index (χ0n) is 16.9. The van der Waals surface area contributed by atoms with Gasteiger partial charge in [-0.15, -0.1) is 0 Å². The summed E-state index contributed by atoms with van der Waals surface area (Å²) in [7, 11) is 1.86. The number of rotatable bonds is 9. The second-order valence-electron chi connectivity index (χ2n) is 7.19. The Morgan fingerprint density at radius 1 is 1.33 bits per heavy atom. The van der Waals surface area contributed by atoms with Crippen LogP contribution in [-0.2, 0) is 11.2 Å². The summed E-state index contributed by atoms with van der Waals surface area (Å²) >= 11 is 0. The van der Waals surface area contributed by atoms with Crippen LogP contribution in [0, 0.1) is 11.8 Å². The summed E-state index contributed by atoms with van der Waals surface area (Å²) in [5.41, 5.74) is 6.29. The van der Waals surface area contributed by atoms with Crippen molar-refractivity contribution in [3.8, 4) is 5.75 Å². The molecule has 1 aromatic rings. The van der Waals surface area contributed by atoms with E-state index < -0.39 is 5.91 Å². The summed E-state index contributed by atoms with van der Waals surface area (Å²) in [4.78, 5) is 17.6. The molecular weight excluding hydrogens is 340 g/mol. The minimum atomic E-state index is -0.469. The van der Waals surface area contributed by atoms with Gasteiger partial charge in [-0.05, 0) is 42.4 Å². The van der Waals surface area contributed by atoms with Crippen molar-refractivity contribution >= 4 is 11.9 Å². The summed E-state index contributed by atoms with van der Waals surface area (Å²) in [6.45, 7) is 7.54. The van der Waals surface area contributed by atoms with Crippen molar-refractivity contribution in [2.45, 2.75) is 39.5 Å². The molecule has 0 aliphatic carbocycles. The van der Waals surface area contributed by atoms with Crippen molar-refractivity contribution in [2.24, 2.45) is 22.6 Å². The number of primary amides is 1. The SMILES string of the molecule is CCC(CC)C1CCN(C(=NC)NCCc2ccc(OCC(N)=O)cc2)C1. The molecule has 6 nitrogen and oxygen atoms in total. The number of carbonyl (C=O) groups is 1. The van der Waals surface area contributed by atoms with Gasteiger partial charge in [0.05, 0.1) is 0 Å². The fraction of sp³-hybridized carbons (Fsp3) is 0.619. The van der Waals surface area contributed by atoms with E-state index in [0.717, 1.165) is 43.9 Å². The Morgan fingerprint density at radius 3 is 2.63 bits per heavy atom. The first-order valence-electron chi connectivity index (χ1n) is 10.0. The number of hydrogen-bond acceptors (Lipinski definition) is 3. The standard InChI is InChI=1S/C21H34N4O2/c1-4-17(5-2)18-11-13-25(14-18)21(23-3)24-12-10-16-6-8-19(9-7-16)27-15-20(22)26/h6-9,17-18H,4-5,10-15H2,1-3H3,(H2,22,26)(H,23,24). The van der Waals surface area contributed by atoms with Gasteiger partial charge in [-0.1, -0.05) is 38.8 Å². The van der Waals surface area contributed by atoms with Gasteiger partial charge < -0.3 is 20.7 Å². The van der Waals surface area contributed by atoms with Crippen LogP contribution in [0.5, 0.6) is 5.75 Å². The number of nitrogens with one attached hydrogen (secondary N) is 1. The Kier molecular flexibility index (Phi) is 8.43. The topological polar surface area (TPSA) is 79.9 Å². The summed E-state index contributed by atoms with van der Waals surface area (Å²) in [6, 6.07) is 7.76. The Morgan fingerprint density at radius 2 is 2.04 bits per heavy atom. The summed E-state index contributed by atoms with van der Waals surface area (Å²) in [6.07, 6.45) is 4.69. The number of nitrogens with two attached hydrogens (primary N) is 1. The van der Waals surface area contributed by atoms with E-state index in [9.17, 15) is 4.79 Å². The van der Waals surface area contributed by atoms with Crippen molar-refractivity contribution in [3.05, 3.63) is 29.8 Å². The molecule has 1 saturated heterocycles. The minimum Gasteiger partial charge on any atom is -0.484 e. The molecule has 150 valence electrons. The fourth-order valence-electron chi connectivity index (χ4n) is 3.88. The average Bonchev–Trinajstić information content (AvgIpc) is 3.15. The number of guanidine groups is 1. The molecule has 2 rings (SSSR count). The number of carbonyl (C=O) groups excluding carboxylic acids is 1. The van der Waals surface area contributed by atoms with Crippen LogP contribution >= 0.6 is 0 Å². The Labute approximate surface area is 163 Å². The number of hydrogen-bond donors (Lipinski definition) is 2. The van der Waals surface area contributed by atoms with E-state index in [1.165, 1.54) is 24.8 Å². The van der Waals surface area contributed by atoms with E-state index in [1.807, 2.05) is 31.3 Å². The maximum absolute atomic E-state index is 10.7. The molecule has 6 heteroatoms. The summed E-state index contributed by atoms with van der Waals surface area (Å²) in [5, 5.41) is 3.49. The molecule has 27 heavy (non-hydrogen) atoms. The molecular formula is C21H34N4O2. The average molecular weight is 375 g/mol. The Hall–Kier alpha value is -2.24. The predicted octanol–water partition coefficient (Wildman–Crippen LogP) is 2.43. The van der Waals surface area contributed by atoms with Crippen LogP contribution in [0.25, 0.3) is 0 Å².